The SMILES string of the molecule is CC1CCCN(C(=O)COC(=O)COc2ccccc2[N+](=O)[O-])C1. The summed E-state index contributed by atoms with van der Waals surface area (Å²) in [6.07, 6.45) is 2.04. The molecule has 1 aliphatic heterocycles. The van der Waals surface area contributed by atoms with Crippen molar-refractivity contribution in [2.45, 2.75) is 19.8 Å². The molecule has 8 nitrogen and oxygen atoms in total. The van der Waals surface area contributed by atoms with Crippen LogP contribution in [0.5, 0.6) is 5.75 Å². The highest BCUT2D eigenvalue weighted by atomic mass is 16.6. The molecule has 1 aliphatic rings. The number of nitrogens with zero attached hydrogens (tertiary/aromatic N) is 2. The van der Waals surface area contributed by atoms with Gasteiger partial charge in [0, 0.05) is 19.2 Å². The van der Waals surface area contributed by atoms with Crippen LogP contribution in [0.3, 0.4) is 0 Å². The number of carbonyl (C=O) groups excluding carboxylic acids is 2. The Morgan fingerprint density at radius 1 is 1.33 bits per heavy atom. The first-order valence-corrected chi connectivity index (χ1v) is 7.77. The van der Waals surface area contributed by atoms with Crippen LogP contribution < -0.4 is 4.74 Å². The number of benzene rings is 1. The fourth-order valence-corrected chi connectivity index (χ4v) is 2.56. The molecule has 1 atom stereocenters. The van der Waals surface area contributed by atoms with Crippen LogP contribution in [-0.2, 0) is 14.3 Å². The molecular weight excluding hydrogens is 316 g/mol. The van der Waals surface area contributed by atoms with Gasteiger partial charge < -0.3 is 14.4 Å². The summed E-state index contributed by atoms with van der Waals surface area (Å²) in [5, 5.41) is 10.8. The highest BCUT2D eigenvalue weighted by Crippen LogP contribution is 2.25. The van der Waals surface area contributed by atoms with Gasteiger partial charge in [-0.25, -0.2) is 4.79 Å². The third-order valence-electron chi connectivity index (χ3n) is 3.77. The standard InChI is InChI=1S/C16H20N2O6/c1-12-5-4-8-17(9-12)15(19)10-24-16(20)11-23-14-7-3-2-6-13(14)18(21)22/h2-3,6-7,12H,4-5,8-11H2,1H3. The summed E-state index contributed by atoms with van der Waals surface area (Å²) in [5.41, 5.74) is -0.233. The summed E-state index contributed by atoms with van der Waals surface area (Å²) in [5.74, 6) is -0.553. The van der Waals surface area contributed by atoms with Gasteiger partial charge in [-0.3, -0.25) is 14.9 Å². The maximum atomic E-state index is 12.0. The molecule has 0 N–H and O–H groups in total. The van der Waals surface area contributed by atoms with Gasteiger partial charge in [0.05, 0.1) is 4.92 Å². The fourth-order valence-electron chi connectivity index (χ4n) is 2.56. The molecule has 1 fully saturated rings. The summed E-state index contributed by atoms with van der Waals surface area (Å²) < 4.78 is 10.0. The lowest BCUT2D eigenvalue weighted by atomic mass is 10.0. The van der Waals surface area contributed by atoms with Crippen molar-refractivity contribution in [1.82, 2.24) is 4.90 Å². The molecule has 1 unspecified atom stereocenters. The molecule has 2 rings (SSSR count). The van der Waals surface area contributed by atoms with Gasteiger partial charge in [-0.1, -0.05) is 19.1 Å². The van der Waals surface area contributed by atoms with Gasteiger partial charge in [0.25, 0.3) is 5.91 Å². The quantitative estimate of drug-likeness (QED) is 0.446. The van der Waals surface area contributed by atoms with Crippen molar-refractivity contribution in [3.8, 4) is 5.75 Å². The molecule has 1 aromatic rings. The van der Waals surface area contributed by atoms with Crippen LogP contribution in [0.2, 0.25) is 0 Å². The van der Waals surface area contributed by atoms with E-state index < -0.39 is 17.5 Å². The first kappa shape index (κ1) is 17.7. The van der Waals surface area contributed by atoms with Gasteiger partial charge in [-0.15, -0.1) is 0 Å². The van der Waals surface area contributed by atoms with E-state index in [4.69, 9.17) is 9.47 Å². The van der Waals surface area contributed by atoms with Gasteiger partial charge in [0.2, 0.25) is 0 Å². The minimum Gasteiger partial charge on any atom is -0.475 e. The number of likely N-dealkylation sites (tertiary alicyclic amines) is 1. The summed E-state index contributed by atoms with van der Waals surface area (Å²) in [6, 6.07) is 5.74. The van der Waals surface area contributed by atoms with Crippen molar-refractivity contribution in [1.29, 1.82) is 0 Å². The number of ether oxygens (including phenoxy) is 2. The Labute approximate surface area is 139 Å². The Hall–Kier alpha value is -2.64. The second-order valence-electron chi connectivity index (χ2n) is 5.76. The third kappa shape index (κ3) is 4.94. The smallest absolute Gasteiger partial charge is 0.344 e. The van der Waals surface area contributed by atoms with Gasteiger partial charge in [0.1, 0.15) is 0 Å². The molecule has 0 saturated carbocycles. The van der Waals surface area contributed by atoms with E-state index in [2.05, 4.69) is 6.92 Å². The average Bonchev–Trinajstić information content (AvgIpc) is 2.58. The van der Waals surface area contributed by atoms with Gasteiger partial charge in [0.15, 0.2) is 19.0 Å². The van der Waals surface area contributed by atoms with Crippen LogP contribution in [0.15, 0.2) is 24.3 Å². The average molecular weight is 336 g/mol. The number of rotatable bonds is 6. The Kier molecular flexibility index (Phi) is 6.11. The van der Waals surface area contributed by atoms with Crippen LogP contribution in [-0.4, -0.2) is 48.0 Å². The number of hydrogen-bond donors (Lipinski definition) is 0. The molecule has 1 saturated heterocycles. The van der Waals surface area contributed by atoms with E-state index in [0.717, 1.165) is 12.8 Å². The Balaban J connectivity index is 1.77. The largest absolute Gasteiger partial charge is 0.475 e. The number of nitro benzene ring substituents is 1. The normalized spacial score (nSPS) is 17.2. The summed E-state index contributed by atoms with van der Waals surface area (Å²) in [6.45, 7) is 2.59. The van der Waals surface area contributed by atoms with Crippen LogP contribution in [0.25, 0.3) is 0 Å². The summed E-state index contributed by atoms with van der Waals surface area (Å²) in [7, 11) is 0. The molecule has 24 heavy (non-hydrogen) atoms. The second kappa shape index (κ2) is 8.28. The summed E-state index contributed by atoms with van der Waals surface area (Å²) in [4.78, 5) is 35.6. The van der Waals surface area contributed by atoms with E-state index in [9.17, 15) is 19.7 Å². The van der Waals surface area contributed by atoms with Crippen molar-refractivity contribution in [3.63, 3.8) is 0 Å². The van der Waals surface area contributed by atoms with Crippen molar-refractivity contribution in [2.24, 2.45) is 5.92 Å². The second-order valence-corrected chi connectivity index (χ2v) is 5.76. The lowest BCUT2D eigenvalue weighted by Crippen LogP contribution is -2.41. The highest BCUT2D eigenvalue weighted by Gasteiger charge is 2.22. The molecule has 8 heteroatoms. The predicted octanol–water partition coefficient (Wildman–Crippen LogP) is 1.78. The molecule has 0 aliphatic carbocycles. The lowest BCUT2D eigenvalue weighted by molar-refractivity contribution is -0.385. The van der Waals surface area contributed by atoms with E-state index in [0.29, 0.717) is 19.0 Å². The lowest BCUT2D eigenvalue weighted by Gasteiger charge is -2.30. The van der Waals surface area contributed by atoms with E-state index in [1.807, 2.05) is 0 Å². The number of amides is 1. The molecule has 0 radical (unpaired) electrons. The molecule has 1 amide bonds. The molecule has 1 heterocycles. The van der Waals surface area contributed by atoms with Gasteiger partial charge in [-0.2, -0.15) is 0 Å². The fraction of sp³-hybridized carbons (Fsp3) is 0.500. The van der Waals surface area contributed by atoms with Crippen LogP contribution in [0.1, 0.15) is 19.8 Å². The maximum Gasteiger partial charge on any atom is 0.344 e. The first-order valence-electron chi connectivity index (χ1n) is 7.77. The zero-order valence-electron chi connectivity index (χ0n) is 13.5. The van der Waals surface area contributed by atoms with Crippen molar-refractivity contribution in [2.75, 3.05) is 26.3 Å². The van der Waals surface area contributed by atoms with Gasteiger partial charge >= 0.3 is 11.7 Å². The minimum atomic E-state index is -0.744. The van der Waals surface area contributed by atoms with E-state index in [1.54, 1.807) is 11.0 Å². The maximum absolute atomic E-state index is 12.0. The zero-order valence-corrected chi connectivity index (χ0v) is 13.5. The molecule has 0 spiro atoms. The highest BCUT2D eigenvalue weighted by molar-refractivity contribution is 5.81. The van der Waals surface area contributed by atoms with E-state index >= 15 is 0 Å². The molecule has 0 bridgehead atoms. The first-order chi connectivity index (χ1) is 11.5. The van der Waals surface area contributed by atoms with Crippen molar-refractivity contribution in [3.05, 3.63) is 34.4 Å². The summed E-state index contributed by atoms with van der Waals surface area (Å²) >= 11 is 0. The Morgan fingerprint density at radius 2 is 2.08 bits per heavy atom. The van der Waals surface area contributed by atoms with Crippen LogP contribution >= 0.6 is 0 Å². The number of piperidine rings is 1. The van der Waals surface area contributed by atoms with E-state index in [1.165, 1.54) is 18.2 Å². The number of carbonyl (C=O) groups is 2. The topological polar surface area (TPSA) is 99.0 Å². The van der Waals surface area contributed by atoms with Gasteiger partial charge in [-0.05, 0) is 24.8 Å². The van der Waals surface area contributed by atoms with Crippen LogP contribution in [0, 0.1) is 16.0 Å². The Morgan fingerprint density at radius 3 is 2.79 bits per heavy atom. The Bertz CT molecular complexity index is 618. The van der Waals surface area contributed by atoms with E-state index in [-0.39, 0.29) is 24.0 Å². The minimum absolute atomic E-state index is 0.0179. The van der Waals surface area contributed by atoms with Crippen molar-refractivity contribution >= 4 is 17.6 Å². The molecular formula is C16H20N2O6. The molecule has 130 valence electrons. The number of nitro groups is 1. The zero-order chi connectivity index (χ0) is 17.5. The number of hydrogen-bond acceptors (Lipinski definition) is 6. The third-order valence-corrected chi connectivity index (χ3v) is 3.77. The molecule has 1 aromatic carbocycles. The molecule has 0 aromatic heterocycles. The van der Waals surface area contributed by atoms with Crippen LogP contribution in [0.4, 0.5) is 5.69 Å². The number of para-hydroxylation sites is 2. The van der Waals surface area contributed by atoms with Crippen molar-refractivity contribution < 1.29 is 24.0 Å². The predicted molar refractivity (Wildman–Crippen MR) is 84.5 cm³/mol. The number of esters is 1. The monoisotopic (exact) mass is 336 g/mol.